The molecule has 1 aromatic carbocycles. The molecular formula is C18H22N2O6. The molecule has 1 N–H and O–H groups in total. The average Bonchev–Trinajstić information content (AvgIpc) is 2.59. The van der Waals surface area contributed by atoms with Gasteiger partial charge in [0.2, 0.25) is 0 Å². The topological polar surface area (TPSA) is 94.2 Å². The van der Waals surface area contributed by atoms with Gasteiger partial charge >= 0.3 is 18.0 Å². The van der Waals surface area contributed by atoms with E-state index in [1.807, 2.05) is 0 Å². The van der Waals surface area contributed by atoms with Crippen LogP contribution >= 0.6 is 0 Å². The molecule has 1 aliphatic rings. The number of ether oxygens (including phenoxy) is 3. The Morgan fingerprint density at radius 1 is 1.19 bits per heavy atom. The Kier molecular flexibility index (Phi) is 6.35. The fourth-order valence-electron chi connectivity index (χ4n) is 2.54. The number of benzene rings is 1. The highest BCUT2D eigenvalue weighted by Gasteiger charge is 2.35. The van der Waals surface area contributed by atoms with Crippen molar-refractivity contribution in [3.63, 3.8) is 0 Å². The van der Waals surface area contributed by atoms with Crippen LogP contribution < -0.4 is 10.1 Å². The van der Waals surface area contributed by atoms with Crippen molar-refractivity contribution >= 4 is 18.0 Å². The number of amides is 2. The SMILES string of the molecule is COCCOC(=O)C1=C(C)N(C)C(=O)NC1c1ccc(OC(C)=O)cc1. The fourth-order valence-corrected chi connectivity index (χ4v) is 2.54. The van der Waals surface area contributed by atoms with Crippen molar-refractivity contribution in [2.45, 2.75) is 19.9 Å². The molecule has 0 saturated carbocycles. The summed E-state index contributed by atoms with van der Waals surface area (Å²) in [5.74, 6) is -0.575. The van der Waals surface area contributed by atoms with E-state index in [9.17, 15) is 14.4 Å². The van der Waals surface area contributed by atoms with Crippen molar-refractivity contribution in [1.29, 1.82) is 0 Å². The quantitative estimate of drug-likeness (QED) is 0.471. The van der Waals surface area contributed by atoms with Crippen LogP contribution in [0.5, 0.6) is 5.75 Å². The molecule has 1 aliphatic heterocycles. The molecule has 0 aromatic heterocycles. The van der Waals surface area contributed by atoms with Gasteiger partial charge in [0.1, 0.15) is 12.4 Å². The van der Waals surface area contributed by atoms with E-state index >= 15 is 0 Å². The minimum atomic E-state index is -0.667. The molecule has 2 amide bonds. The maximum absolute atomic E-state index is 12.5. The third-order valence-electron chi connectivity index (χ3n) is 3.97. The van der Waals surface area contributed by atoms with Gasteiger partial charge in [0.25, 0.3) is 0 Å². The Bertz CT molecular complexity index is 726. The first-order valence-electron chi connectivity index (χ1n) is 8.04. The zero-order valence-electron chi connectivity index (χ0n) is 15.2. The minimum Gasteiger partial charge on any atom is -0.460 e. The number of urea groups is 1. The molecule has 1 unspecified atom stereocenters. The summed E-state index contributed by atoms with van der Waals surface area (Å²) >= 11 is 0. The van der Waals surface area contributed by atoms with Crippen molar-refractivity contribution in [2.75, 3.05) is 27.4 Å². The average molecular weight is 362 g/mol. The lowest BCUT2D eigenvalue weighted by molar-refractivity contribution is -0.141. The molecule has 0 saturated heterocycles. The van der Waals surface area contributed by atoms with Crippen LogP contribution in [-0.2, 0) is 19.1 Å². The number of esters is 2. The van der Waals surface area contributed by atoms with Gasteiger partial charge in [-0.25, -0.2) is 9.59 Å². The van der Waals surface area contributed by atoms with Crippen LogP contribution in [0.4, 0.5) is 4.79 Å². The van der Waals surface area contributed by atoms with Crippen LogP contribution in [0.25, 0.3) is 0 Å². The van der Waals surface area contributed by atoms with Gasteiger partial charge in [-0.15, -0.1) is 0 Å². The molecular weight excluding hydrogens is 340 g/mol. The van der Waals surface area contributed by atoms with Crippen molar-refractivity contribution < 1.29 is 28.6 Å². The standard InChI is InChI=1S/C18H22N2O6/c1-11-15(17(22)25-10-9-24-4)16(19-18(23)20(11)3)13-5-7-14(8-6-13)26-12(2)21/h5-8,16H,9-10H2,1-4H3,(H,19,23). The van der Waals surface area contributed by atoms with Crippen molar-refractivity contribution in [2.24, 2.45) is 0 Å². The summed E-state index contributed by atoms with van der Waals surface area (Å²) in [6.07, 6.45) is 0. The van der Waals surface area contributed by atoms with E-state index < -0.39 is 18.0 Å². The zero-order chi connectivity index (χ0) is 19.3. The zero-order valence-corrected chi connectivity index (χ0v) is 15.2. The molecule has 0 bridgehead atoms. The lowest BCUT2D eigenvalue weighted by Gasteiger charge is -2.33. The fraction of sp³-hybridized carbons (Fsp3) is 0.389. The van der Waals surface area contributed by atoms with Crippen LogP contribution in [0.3, 0.4) is 0 Å². The van der Waals surface area contributed by atoms with Gasteiger partial charge in [-0.1, -0.05) is 12.1 Å². The predicted octanol–water partition coefficient (Wildman–Crippen LogP) is 1.77. The van der Waals surface area contributed by atoms with E-state index in [1.165, 1.54) is 18.9 Å². The van der Waals surface area contributed by atoms with Crippen LogP contribution in [-0.4, -0.2) is 50.2 Å². The number of nitrogens with one attached hydrogen (secondary N) is 1. The first-order chi connectivity index (χ1) is 12.3. The summed E-state index contributed by atoms with van der Waals surface area (Å²) < 4.78 is 15.1. The molecule has 8 nitrogen and oxygen atoms in total. The van der Waals surface area contributed by atoms with Crippen LogP contribution in [0.1, 0.15) is 25.5 Å². The Morgan fingerprint density at radius 2 is 1.85 bits per heavy atom. The number of rotatable bonds is 6. The van der Waals surface area contributed by atoms with E-state index in [4.69, 9.17) is 14.2 Å². The largest absolute Gasteiger partial charge is 0.460 e. The Labute approximate surface area is 151 Å². The van der Waals surface area contributed by atoms with Crippen LogP contribution in [0.2, 0.25) is 0 Å². The lowest BCUT2D eigenvalue weighted by atomic mass is 9.95. The van der Waals surface area contributed by atoms with E-state index in [0.29, 0.717) is 22.6 Å². The monoisotopic (exact) mass is 362 g/mol. The number of allylic oxidation sites excluding steroid dienone is 1. The first-order valence-corrected chi connectivity index (χ1v) is 8.04. The number of methoxy groups -OCH3 is 1. The lowest BCUT2D eigenvalue weighted by Crippen LogP contribution is -2.46. The molecule has 1 heterocycles. The van der Waals surface area contributed by atoms with Crippen LogP contribution in [0.15, 0.2) is 35.5 Å². The van der Waals surface area contributed by atoms with Crippen molar-refractivity contribution in [3.8, 4) is 5.75 Å². The number of hydrogen-bond acceptors (Lipinski definition) is 6. The molecule has 0 fully saturated rings. The Morgan fingerprint density at radius 3 is 2.42 bits per heavy atom. The molecule has 2 rings (SSSR count). The Balaban J connectivity index is 2.32. The molecule has 8 heteroatoms. The van der Waals surface area contributed by atoms with E-state index in [2.05, 4.69) is 5.32 Å². The van der Waals surface area contributed by atoms with Gasteiger partial charge in [-0.05, 0) is 24.6 Å². The first kappa shape index (κ1) is 19.5. The third kappa shape index (κ3) is 4.40. The normalized spacial score (nSPS) is 17.0. The number of carbonyl (C=O) groups is 3. The summed E-state index contributed by atoms with van der Waals surface area (Å²) in [6, 6.07) is 5.58. The van der Waals surface area contributed by atoms with Gasteiger partial charge in [0.15, 0.2) is 0 Å². The highest BCUT2D eigenvalue weighted by Crippen LogP contribution is 2.31. The summed E-state index contributed by atoms with van der Waals surface area (Å²) in [5, 5.41) is 2.78. The molecule has 0 aliphatic carbocycles. The van der Waals surface area contributed by atoms with E-state index in [-0.39, 0.29) is 19.2 Å². The van der Waals surface area contributed by atoms with Crippen molar-refractivity contribution in [3.05, 3.63) is 41.1 Å². The predicted molar refractivity (Wildman–Crippen MR) is 92.3 cm³/mol. The maximum atomic E-state index is 12.5. The van der Waals surface area contributed by atoms with Gasteiger partial charge in [0, 0.05) is 26.8 Å². The molecule has 1 aromatic rings. The smallest absolute Gasteiger partial charge is 0.338 e. The summed E-state index contributed by atoms with van der Waals surface area (Å²) in [6.45, 7) is 3.39. The molecule has 140 valence electrons. The van der Waals surface area contributed by atoms with E-state index in [0.717, 1.165) is 0 Å². The van der Waals surface area contributed by atoms with Gasteiger partial charge in [-0.2, -0.15) is 0 Å². The molecule has 26 heavy (non-hydrogen) atoms. The summed E-state index contributed by atoms with van der Waals surface area (Å²) in [4.78, 5) is 37.1. The molecule has 0 spiro atoms. The summed E-state index contributed by atoms with van der Waals surface area (Å²) in [5.41, 5.74) is 1.51. The van der Waals surface area contributed by atoms with E-state index in [1.54, 1.807) is 38.2 Å². The minimum absolute atomic E-state index is 0.113. The molecule has 0 radical (unpaired) electrons. The van der Waals surface area contributed by atoms with Crippen molar-refractivity contribution in [1.82, 2.24) is 10.2 Å². The highest BCUT2D eigenvalue weighted by atomic mass is 16.6. The highest BCUT2D eigenvalue weighted by molar-refractivity contribution is 5.95. The van der Waals surface area contributed by atoms with Gasteiger partial charge in [0.05, 0.1) is 18.2 Å². The van der Waals surface area contributed by atoms with Gasteiger partial charge in [-0.3, -0.25) is 4.79 Å². The van der Waals surface area contributed by atoms with Crippen LogP contribution in [0, 0.1) is 0 Å². The molecule has 1 atom stereocenters. The number of carbonyl (C=O) groups excluding carboxylic acids is 3. The van der Waals surface area contributed by atoms with Gasteiger partial charge < -0.3 is 24.4 Å². The Hall–Kier alpha value is -2.87. The number of hydrogen-bond donors (Lipinski definition) is 1. The second-order valence-electron chi connectivity index (χ2n) is 5.73. The number of nitrogens with zero attached hydrogens (tertiary/aromatic N) is 1. The third-order valence-corrected chi connectivity index (χ3v) is 3.97. The second kappa shape index (κ2) is 8.48. The second-order valence-corrected chi connectivity index (χ2v) is 5.73. The maximum Gasteiger partial charge on any atom is 0.338 e. The summed E-state index contributed by atoms with van der Waals surface area (Å²) in [7, 11) is 3.09.